The zero-order valence-electron chi connectivity index (χ0n) is 10.8. The molecule has 0 saturated heterocycles. The Morgan fingerprint density at radius 3 is 2.53 bits per heavy atom. The minimum Gasteiger partial charge on any atom is -0.378 e. The Kier molecular flexibility index (Phi) is 5.00. The van der Waals surface area contributed by atoms with E-state index in [2.05, 4.69) is 25.7 Å². The Hall–Kier alpha value is -1.52. The van der Waals surface area contributed by atoms with Crippen molar-refractivity contribution in [2.24, 2.45) is 5.92 Å². The van der Waals surface area contributed by atoms with Gasteiger partial charge in [-0.1, -0.05) is 56.0 Å². The molecule has 0 aliphatic carbocycles. The zero-order chi connectivity index (χ0) is 12.7. The highest BCUT2D eigenvalue weighted by Gasteiger charge is 2.17. The lowest BCUT2D eigenvalue weighted by Gasteiger charge is -2.18. The number of rotatable bonds is 3. The molecule has 0 saturated carbocycles. The van der Waals surface area contributed by atoms with Crippen LogP contribution in [0.5, 0.6) is 0 Å². The summed E-state index contributed by atoms with van der Waals surface area (Å²) < 4.78 is 0. The fourth-order valence-electron chi connectivity index (χ4n) is 1.75. The number of hydrogen-bond acceptors (Lipinski definition) is 1. The van der Waals surface area contributed by atoms with Crippen LogP contribution in [0.25, 0.3) is 6.08 Å². The Morgan fingerprint density at radius 2 is 1.94 bits per heavy atom. The average molecular weight is 228 g/mol. The van der Waals surface area contributed by atoms with Gasteiger partial charge in [-0.3, -0.25) is 0 Å². The van der Waals surface area contributed by atoms with Crippen LogP contribution in [0, 0.1) is 17.8 Å². The SMILES string of the molecule is CC(C)CC(C)(O)C#C/C=C/c1ccccc1. The molecule has 0 heterocycles. The van der Waals surface area contributed by atoms with Gasteiger partial charge in [0.25, 0.3) is 0 Å². The lowest BCUT2D eigenvalue weighted by atomic mass is 9.95. The van der Waals surface area contributed by atoms with Gasteiger partial charge >= 0.3 is 0 Å². The molecule has 0 aromatic heterocycles. The van der Waals surface area contributed by atoms with Gasteiger partial charge in [0.15, 0.2) is 0 Å². The minimum atomic E-state index is -0.894. The highest BCUT2D eigenvalue weighted by atomic mass is 16.3. The molecule has 1 unspecified atom stereocenters. The molecule has 0 bridgehead atoms. The summed E-state index contributed by atoms with van der Waals surface area (Å²) >= 11 is 0. The van der Waals surface area contributed by atoms with Crippen LogP contribution in [-0.4, -0.2) is 10.7 Å². The smallest absolute Gasteiger partial charge is 0.123 e. The monoisotopic (exact) mass is 228 g/mol. The number of aliphatic hydroxyl groups is 1. The number of allylic oxidation sites excluding steroid dienone is 1. The van der Waals surface area contributed by atoms with Gasteiger partial charge in [0, 0.05) is 0 Å². The number of benzene rings is 1. The maximum atomic E-state index is 9.97. The van der Waals surface area contributed by atoms with Gasteiger partial charge < -0.3 is 5.11 Å². The van der Waals surface area contributed by atoms with Crippen molar-refractivity contribution in [2.45, 2.75) is 32.8 Å². The molecule has 0 amide bonds. The van der Waals surface area contributed by atoms with Crippen molar-refractivity contribution in [3.05, 3.63) is 42.0 Å². The zero-order valence-corrected chi connectivity index (χ0v) is 10.8. The first-order chi connectivity index (χ1) is 7.99. The molecule has 1 heteroatoms. The van der Waals surface area contributed by atoms with E-state index in [0.29, 0.717) is 12.3 Å². The first-order valence-corrected chi connectivity index (χ1v) is 5.96. The van der Waals surface area contributed by atoms with E-state index in [-0.39, 0.29) is 0 Å². The maximum Gasteiger partial charge on any atom is 0.123 e. The summed E-state index contributed by atoms with van der Waals surface area (Å²) in [5.74, 6) is 6.22. The molecule has 0 spiro atoms. The molecule has 0 fully saturated rings. The summed E-state index contributed by atoms with van der Waals surface area (Å²) in [6.07, 6.45) is 4.42. The first-order valence-electron chi connectivity index (χ1n) is 5.96. The minimum absolute atomic E-state index is 0.442. The molecule has 0 aliphatic heterocycles. The lowest BCUT2D eigenvalue weighted by Crippen LogP contribution is -2.23. The van der Waals surface area contributed by atoms with Crippen molar-refractivity contribution in [1.82, 2.24) is 0 Å². The van der Waals surface area contributed by atoms with Gasteiger partial charge in [0.1, 0.15) is 5.60 Å². The third kappa shape index (κ3) is 5.94. The Labute approximate surface area is 104 Å². The molecule has 1 aromatic carbocycles. The van der Waals surface area contributed by atoms with Crippen LogP contribution < -0.4 is 0 Å². The summed E-state index contributed by atoms with van der Waals surface area (Å²) in [6, 6.07) is 10.00. The van der Waals surface area contributed by atoms with E-state index in [9.17, 15) is 5.11 Å². The molecule has 1 aromatic rings. The molecule has 0 aliphatic rings. The fraction of sp³-hybridized carbons (Fsp3) is 0.375. The average Bonchev–Trinajstić information content (AvgIpc) is 2.24. The summed E-state index contributed by atoms with van der Waals surface area (Å²) in [5, 5.41) is 9.97. The quantitative estimate of drug-likeness (QED) is 0.785. The highest BCUT2D eigenvalue weighted by Crippen LogP contribution is 2.14. The predicted octanol–water partition coefficient (Wildman–Crippen LogP) is 3.50. The highest BCUT2D eigenvalue weighted by molar-refractivity contribution is 5.52. The van der Waals surface area contributed by atoms with Crippen LogP contribution in [0.15, 0.2) is 36.4 Å². The van der Waals surface area contributed by atoms with Gasteiger partial charge in [-0.2, -0.15) is 0 Å². The molecule has 90 valence electrons. The summed E-state index contributed by atoms with van der Waals surface area (Å²) in [4.78, 5) is 0. The van der Waals surface area contributed by atoms with Crippen molar-refractivity contribution in [2.75, 3.05) is 0 Å². The van der Waals surface area contributed by atoms with Gasteiger partial charge in [0.2, 0.25) is 0 Å². The first kappa shape index (κ1) is 13.5. The second kappa shape index (κ2) is 6.27. The summed E-state index contributed by atoms with van der Waals surface area (Å²) in [5.41, 5.74) is 0.222. The predicted molar refractivity (Wildman–Crippen MR) is 73.3 cm³/mol. The molecule has 1 nitrogen and oxygen atoms in total. The van der Waals surface area contributed by atoms with Crippen LogP contribution in [0.4, 0.5) is 0 Å². The van der Waals surface area contributed by atoms with Gasteiger partial charge in [-0.25, -0.2) is 0 Å². The fourth-order valence-corrected chi connectivity index (χ4v) is 1.75. The third-order valence-electron chi connectivity index (χ3n) is 2.31. The van der Waals surface area contributed by atoms with Crippen molar-refractivity contribution < 1.29 is 5.11 Å². The normalized spacial score (nSPS) is 14.4. The largest absolute Gasteiger partial charge is 0.378 e. The number of hydrogen-bond donors (Lipinski definition) is 1. The van der Waals surface area contributed by atoms with E-state index in [4.69, 9.17) is 0 Å². The van der Waals surface area contributed by atoms with E-state index < -0.39 is 5.60 Å². The van der Waals surface area contributed by atoms with Crippen LogP contribution in [0.1, 0.15) is 32.8 Å². The molecular weight excluding hydrogens is 208 g/mol. The summed E-state index contributed by atoms with van der Waals surface area (Å²) in [6.45, 7) is 5.92. The Morgan fingerprint density at radius 1 is 1.29 bits per heavy atom. The van der Waals surface area contributed by atoms with Crippen molar-refractivity contribution in [1.29, 1.82) is 0 Å². The summed E-state index contributed by atoms with van der Waals surface area (Å²) in [7, 11) is 0. The molecule has 1 atom stereocenters. The molecule has 1 N–H and O–H groups in total. The van der Waals surface area contributed by atoms with E-state index >= 15 is 0 Å². The van der Waals surface area contributed by atoms with Gasteiger partial charge in [0.05, 0.1) is 0 Å². The van der Waals surface area contributed by atoms with E-state index in [1.54, 1.807) is 13.0 Å². The topological polar surface area (TPSA) is 20.2 Å². The second-order valence-corrected chi connectivity index (χ2v) is 4.89. The van der Waals surface area contributed by atoms with Gasteiger partial charge in [-0.15, -0.1) is 0 Å². The van der Waals surface area contributed by atoms with E-state index in [0.717, 1.165) is 5.56 Å². The second-order valence-electron chi connectivity index (χ2n) is 4.89. The maximum absolute atomic E-state index is 9.97. The van der Waals surface area contributed by atoms with E-state index in [1.165, 1.54) is 0 Å². The van der Waals surface area contributed by atoms with Crippen molar-refractivity contribution >= 4 is 6.08 Å². The van der Waals surface area contributed by atoms with Crippen LogP contribution >= 0.6 is 0 Å². The molecule has 1 rings (SSSR count). The standard InChI is InChI=1S/C16H20O/c1-14(2)13-16(3,17)12-8-7-11-15-9-5-4-6-10-15/h4-7,9-11,14,17H,13H2,1-3H3/b11-7+. The van der Waals surface area contributed by atoms with Crippen molar-refractivity contribution in [3.63, 3.8) is 0 Å². The van der Waals surface area contributed by atoms with Crippen LogP contribution in [0.2, 0.25) is 0 Å². The Balaban J connectivity index is 2.59. The lowest BCUT2D eigenvalue weighted by molar-refractivity contribution is 0.0976. The van der Waals surface area contributed by atoms with Crippen LogP contribution in [-0.2, 0) is 0 Å². The molecular formula is C16H20O. The molecule has 0 radical (unpaired) electrons. The van der Waals surface area contributed by atoms with Crippen molar-refractivity contribution in [3.8, 4) is 11.8 Å². The Bertz CT molecular complexity index is 416. The van der Waals surface area contributed by atoms with Crippen LogP contribution in [0.3, 0.4) is 0 Å². The molecule has 17 heavy (non-hydrogen) atoms. The van der Waals surface area contributed by atoms with E-state index in [1.807, 2.05) is 36.4 Å². The van der Waals surface area contributed by atoms with Gasteiger partial charge in [-0.05, 0) is 37.0 Å². The third-order valence-corrected chi connectivity index (χ3v) is 2.31.